The predicted molar refractivity (Wildman–Crippen MR) is 97.0 cm³/mol. The maximum absolute atomic E-state index is 12.5. The summed E-state index contributed by atoms with van der Waals surface area (Å²) in [5, 5.41) is 10.7. The zero-order valence-corrected chi connectivity index (χ0v) is 15.2. The van der Waals surface area contributed by atoms with E-state index in [-0.39, 0.29) is 5.50 Å². The molecule has 0 bridgehead atoms. The highest BCUT2D eigenvalue weighted by Gasteiger charge is 2.33. The third-order valence-corrected chi connectivity index (χ3v) is 5.07. The summed E-state index contributed by atoms with van der Waals surface area (Å²) in [4.78, 5) is 0. The van der Waals surface area contributed by atoms with E-state index in [1.54, 1.807) is 14.1 Å². The normalized spacial score (nSPS) is 13.0. The Morgan fingerprint density at radius 1 is 1.00 bits per heavy atom. The van der Waals surface area contributed by atoms with E-state index >= 15 is 0 Å². The van der Waals surface area contributed by atoms with Gasteiger partial charge in [0.15, 0.2) is 0 Å². The molecule has 0 spiro atoms. The van der Waals surface area contributed by atoms with Gasteiger partial charge < -0.3 is 5.11 Å². The van der Waals surface area contributed by atoms with Gasteiger partial charge in [0, 0.05) is 14.1 Å². The molecule has 0 radical (unpaired) electrons. The maximum Gasteiger partial charge on any atom is 0.513 e. The number of benzene rings is 2. The minimum atomic E-state index is -2.00. The highest BCUT2D eigenvalue weighted by atomic mass is 31.1. The average Bonchev–Trinajstić information content (AvgIpc) is 2.50. The summed E-state index contributed by atoms with van der Waals surface area (Å²) in [7, 11) is 1.40. The van der Waals surface area contributed by atoms with Gasteiger partial charge >= 0.3 is 13.5 Å². The molecule has 0 aliphatic heterocycles. The van der Waals surface area contributed by atoms with E-state index in [9.17, 15) is 9.67 Å². The van der Waals surface area contributed by atoms with Crippen molar-refractivity contribution in [2.24, 2.45) is 0 Å². The number of rotatable bonds is 4. The topological polar surface area (TPSA) is 40.5 Å². The number of aliphatic hydroxyl groups excluding tert-OH is 1. The van der Waals surface area contributed by atoms with Crippen LogP contribution in [0.2, 0.25) is 0 Å². The van der Waals surface area contributed by atoms with Crippen LogP contribution in [-0.4, -0.2) is 23.9 Å². The second-order valence-corrected chi connectivity index (χ2v) is 7.73. The van der Waals surface area contributed by atoms with E-state index in [1.807, 2.05) is 44.2 Å². The molecule has 1 atom stereocenters. The lowest BCUT2D eigenvalue weighted by Crippen LogP contribution is -2.04. The minimum Gasteiger partial charge on any atom is -0.472 e. The highest BCUT2D eigenvalue weighted by molar-refractivity contribution is 7.46. The Morgan fingerprint density at radius 3 is 2.00 bits per heavy atom. The summed E-state index contributed by atoms with van der Waals surface area (Å²) in [6.45, 7) is 6.10. The fourth-order valence-corrected chi connectivity index (χ4v) is 3.66. The molecule has 120 valence electrons. The molecule has 1 N–H and O–H groups in total. The Hall–Kier alpha value is -1.96. The van der Waals surface area contributed by atoms with Gasteiger partial charge in [0.25, 0.3) is 0 Å². The quantitative estimate of drug-likeness (QED) is 0.620. The third kappa shape index (κ3) is 3.69. The molecular formula is C19H23NO2P+. The van der Waals surface area contributed by atoms with Crippen molar-refractivity contribution in [3.63, 3.8) is 0 Å². The Balaban J connectivity index is 2.80. The Labute approximate surface area is 139 Å². The van der Waals surface area contributed by atoms with E-state index in [0.717, 1.165) is 22.3 Å². The second kappa shape index (κ2) is 7.08. The van der Waals surface area contributed by atoms with Crippen molar-refractivity contribution in [3.05, 3.63) is 75.8 Å². The first kappa shape index (κ1) is 17.4. The van der Waals surface area contributed by atoms with Crippen molar-refractivity contribution >= 4 is 13.5 Å². The first-order valence-corrected chi connectivity index (χ1v) is 8.75. The Bertz CT molecular complexity index is 741. The zero-order valence-electron chi connectivity index (χ0n) is 14.3. The van der Waals surface area contributed by atoms with Crippen LogP contribution in [0, 0.1) is 20.8 Å². The van der Waals surface area contributed by atoms with Crippen molar-refractivity contribution < 1.29 is 9.67 Å². The summed E-state index contributed by atoms with van der Waals surface area (Å²) in [5.74, 6) is 0. The fraction of sp³-hybridized carbons (Fsp3) is 0.263. The first-order valence-electron chi connectivity index (χ1n) is 7.54. The van der Waals surface area contributed by atoms with Gasteiger partial charge in [0.05, 0.1) is 5.57 Å². The van der Waals surface area contributed by atoms with Crippen LogP contribution in [0.25, 0.3) is 5.57 Å². The summed E-state index contributed by atoms with van der Waals surface area (Å²) in [6.07, 6.45) is 0. The van der Waals surface area contributed by atoms with E-state index < -0.39 is 7.95 Å². The second-order valence-electron chi connectivity index (χ2n) is 5.96. The van der Waals surface area contributed by atoms with E-state index in [2.05, 4.69) is 19.1 Å². The van der Waals surface area contributed by atoms with Gasteiger partial charge in [-0.1, -0.05) is 52.7 Å². The molecule has 23 heavy (non-hydrogen) atoms. The summed E-state index contributed by atoms with van der Waals surface area (Å²) in [5.41, 5.74) is 5.69. The van der Waals surface area contributed by atoms with Crippen molar-refractivity contribution in [1.29, 1.82) is 0 Å². The van der Waals surface area contributed by atoms with Gasteiger partial charge in [-0.2, -0.15) is 0 Å². The standard InChI is InChI=1S/C19H22NO2P/c1-13-11-14(2)17(15(3)12-13)18(16-9-7-6-8-10-16)19(21)23(22)20(4)5/h6-12H,1-5H3/p+1/b19-18+. The van der Waals surface area contributed by atoms with Gasteiger partial charge in [-0.25, -0.2) is 0 Å². The van der Waals surface area contributed by atoms with Crippen LogP contribution in [-0.2, 0) is 4.57 Å². The van der Waals surface area contributed by atoms with E-state index in [1.165, 1.54) is 10.2 Å². The number of aliphatic hydroxyl groups is 1. The molecule has 0 aliphatic rings. The molecule has 1 unspecified atom stereocenters. The molecule has 2 rings (SSSR count). The molecule has 0 aliphatic carbocycles. The molecule has 4 heteroatoms. The molecule has 3 nitrogen and oxygen atoms in total. The van der Waals surface area contributed by atoms with Gasteiger partial charge in [-0.3, -0.25) is 0 Å². The van der Waals surface area contributed by atoms with Crippen molar-refractivity contribution in [1.82, 2.24) is 4.67 Å². The molecule has 0 heterocycles. The largest absolute Gasteiger partial charge is 0.513 e. The smallest absolute Gasteiger partial charge is 0.472 e. The third-order valence-electron chi connectivity index (χ3n) is 3.76. The van der Waals surface area contributed by atoms with Gasteiger partial charge in [-0.15, -0.1) is 0 Å². The van der Waals surface area contributed by atoms with Gasteiger partial charge in [0.1, 0.15) is 0 Å². The van der Waals surface area contributed by atoms with Crippen LogP contribution in [0.5, 0.6) is 0 Å². The lowest BCUT2D eigenvalue weighted by Gasteiger charge is -2.14. The number of nitrogens with zero attached hydrogens (tertiary/aromatic N) is 1. The molecule has 0 amide bonds. The molecule has 2 aromatic carbocycles. The molecule has 2 aromatic rings. The maximum atomic E-state index is 12.5. The van der Waals surface area contributed by atoms with Crippen molar-refractivity contribution in [2.75, 3.05) is 14.1 Å². The van der Waals surface area contributed by atoms with Crippen LogP contribution < -0.4 is 0 Å². The summed E-state index contributed by atoms with van der Waals surface area (Å²) in [6, 6.07) is 13.8. The molecule has 0 aromatic heterocycles. The molecule has 0 saturated carbocycles. The van der Waals surface area contributed by atoms with Crippen LogP contribution in [0.15, 0.2) is 48.0 Å². The summed E-state index contributed by atoms with van der Waals surface area (Å²) >= 11 is 0. The van der Waals surface area contributed by atoms with Crippen LogP contribution in [0.3, 0.4) is 0 Å². The van der Waals surface area contributed by atoms with Crippen LogP contribution >= 0.6 is 7.95 Å². The van der Waals surface area contributed by atoms with Crippen molar-refractivity contribution in [3.8, 4) is 0 Å². The average molecular weight is 328 g/mol. The molecule has 0 fully saturated rings. The monoisotopic (exact) mass is 328 g/mol. The lowest BCUT2D eigenvalue weighted by molar-refractivity contribution is 0.431. The highest BCUT2D eigenvalue weighted by Crippen LogP contribution is 2.42. The fourth-order valence-electron chi connectivity index (χ4n) is 2.85. The SMILES string of the molecule is Cc1cc(C)c(/C(=C(\O)[P+](=O)N(C)C)c2ccccc2)c(C)c1. The predicted octanol–water partition coefficient (Wildman–Crippen LogP) is 5.19. The van der Waals surface area contributed by atoms with Gasteiger partial charge in [-0.05, 0) is 47.6 Å². The molecular weight excluding hydrogens is 305 g/mol. The first-order chi connectivity index (χ1) is 10.8. The summed E-state index contributed by atoms with van der Waals surface area (Å²) < 4.78 is 14.0. The molecule has 0 saturated heterocycles. The van der Waals surface area contributed by atoms with Crippen LogP contribution in [0.1, 0.15) is 27.8 Å². The van der Waals surface area contributed by atoms with E-state index in [4.69, 9.17) is 0 Å². The Kier molecular flexibility index (Phi) is 5.35. The Morgan fingerprint density at radius 2 is 1.52 bits per heavy atom. The number of aryl methyl sites for hydroxylation is 3. The number of hydrogen-bond acceptors (Lipinski definition) is 2. The van der Waals surface area contributed by atoms with E-state index in [0.29, 0.717) is 5.57 Å². The lowest BCUT2D eigenvalue weighted by atomic mass is 9.90. The van der Waals surface area contributed by atoms with Gasteiger partial charge in [0.2, 0.25) is 0 Å². The zero-order chi connectivity index (χ0) is 17.1. The van der Waals surface area contributed by atoms with Crippen LogP contribution in [0.4, 0.5) is 0 Å². The van der Waals surface area contributed by atoms with Crippen molar-refractivity contribution in [2.45, 2.75) is 20.8 Å². The minimum absolute atomic E-state index is 0.0775. The number of hydrogen-bond donors (Lipinski definition) is 1.